The van der Waals surface area contributed by atoms with Crippen molar-refractivity contribution in [2.45, 2.75) is 154 Å². The van der Waals surface area contributed by atoms with Gasteiger partial charge in [0, 0.05) is 26.4 Å². The van der Waals surface area contributed by atoms with Gasteiger partial charge in [-0.3, -0.25) is 0 Å². The third kappa shape index (κ3) is 16.5. The maximum atomic E-state index is 5.99. The van der Waals surface area contributed by atoms with Crippen molar-refractivity contribution in [3.05, 3.63) is 0 Å². The monoisotopic (exact) mass is 482 g/mol. The van der Waals surface area contributed by atoms with Crippen LogP contribution in [-0.4, -0.2) is 45.4 Å². The highest BCUT2D eigenvalue weighted by atomic mass is 16.7. The van der Waals surface area contributed by atoms with Gasteiger partial charge in [-0.25, -0.2) is 0 Å². The Morgan fingerprint density at radius 2 is 1.32 bits per heavy atom. The minimum absolute atomic E-state index is 0.0621. The normalized spacial score (nSPS) is 23.0. The predicted octanol–water partition coefficient (Wildman–Crippen LogP) is 8.60. The van der Waals surface area contributed by atoms with E-state index >= 15 is 0 Å². The molecule has 0 spiro atoms. The summed E-state index contributed by atoms with van der Waals surface area (Å²) in [5.41, 5.74) is 0. The highest BCUT2D eigenvalue weighted by Crippen LogP contribution is 2.25. The van der Waals surface area contributed by atoms with Crippen molar-refractivity contribution in [3.8, 4) is 0 Å². The van der Waals surface area contributed by atoms with E-state index in [9.17, 15) is 0 Å². The van der Waals surface area contributed by atoms with Crippen molar-refractivity contribution < 1.29 is 18.9 Å². The van der Waals surface area contributed by atoms with E-state index in [2.05, 4.69) is 6.92 Å². The van der Waals surface area contributed by atoms with Crippen LogP contribution >= 0.6 is 0 Å². The zero-order chi connectivity index (χ0) is 23.9. The molecular weight excluding hydrogens is 424 g/mol. The van der Waals surface area contributed by atoms with Crippen molar-refractivity contribution in [1.82, 2.24) is 0 Å². The van der Waals surface area contributed by atoms with Crippen molar-refractivity contribution in [2.75, 3.05) is 33.0 Å². The minimum Gasteiger partial charge on any atom is -0.379 e. The van der Waals surface area contributed by atoms with Crippen LogP contribution in [0.25, 0.3) is 0 Å². The first kappa shape index (κ1) is 30.1. The molecule has 2 fully saturated rings. The molecule has 0 aromatic rings. The molecule has 0 saturated carbocycles. The van der Waals surface area contributed by atoms with E-state index < -0.39 is 0 Å². The van der Waals surface area contributed by atoms with E-state index in [1.165, 1.54) is 116 Å². The fourth-order valence-corrected chi connectivity index (χ4v) is 5.30. The molecule has 34 heavy (non-hydrogen) atoms. The first-order valence-electron chi connectivity index (χ1n) is 15.3. The number of rotatable bonds is 23. The molecule has 0 N–H and O–H groups in total. The second kappa shape index (κ2) is 22.1. The smallest absolute Gasteiger partial charge is 0.157 e. The highest BCUT2D eigenvalue weighted by molar-refractivity contribution is 4.73. The molecule has 0 aliphatic carbocycles. The summed E-state index contributed by atoms with van der Waals surface area (Å²) in [6.07, 6.45) is 28.3. The Kier molecular flexibility index (Phi) is 19.5. The Bertz CT molecular complexity index is 424. The molecule has 3 atom stereocenters. The molecule has 4 nitrogen and oxygen atoms in total. The molecule has 1 unspecified atom stereocenters. The van der Waals surface area contributed by atoms with Crippen LogP contribution in [0, 0.1) is 5.92 Å². The van der Waals surface area contributed by atoms with Crippen LogP contribution in [0.3, 0.4) is 0 Å². The van der Waals surface area contributed by atoms with Gasteiger partial charge in [0.1, 0.15) is 0 Å². The maximum absolute atomic E-state index is 5.99. The average molecular weight is 483 g/mol. The van der Waals surface area contributed by atoms with Crippen molar-refractivity contribution in [3.63, 3.8) is 0 Å². The summed E-state index contributed by atoms with van der Waals surface area (Å²) in [5.74, 6) is 0.768. The van der Waals surface area contributed by atoms with Crippen LogP contribution in [0.4, 0.5) is 0 Å². The van der Waals surface area contributed by atoms with Crippen LogP contribution in [0.2, 0.25) is 0 Å². The highest BCUT2D eigenvalue weighted by Gasteiger charge is 2.25. The van der Waals surface area contributed by atoms with Gasteiger partial charge in [-0.2, -0.15) is 0 Å². The Morgan fingerprint density at radius 1 is 0.676 bits per heavy atom. The molecule has 0 aromatic heterocycles. The second-order valence-corrected chi connectivity index (χ2v) is 10.9. The first-order chi connectivity index (χ1) is 16.9. The summed E-state index contributed by atoms with van der Waals surface area (Å²) >= 11 is 0. The summed E-state index contributed by atoms with van der Waals surface area (Å²) in [6, 6.07) is 0. The fraction of sp³-hybridized carbons (Fsp3) is 1.00. The predicted molar refractivity (Wildman–Crippen MR) is 142 cm³/mol. The lowest BCUT2D eigenvalue weighted by atomic mass is 9.97. The van der Waals surface area contributed by atoms with E-state index in [1.807, 2.05) is 0 Å². The van der Waals surface area contributed by atoms with E-state index in [0.717, 1.165) is 58.2 Å². The van der Waals surface area contributed by atoms with E-state index in [0.29, 0.717) is 6.10 Å². The topological polar surface area (TPSA) is 36.9 Å². The SMILES string of the molecule is CCCCCCCCCCCCCC[C@@H]1CO[C@@H](COCCCCCCOC2CCCCO2)C1. The standard InChI is InChI=1S/C30H58O4/c1-2-3-4-5-6-7-8-9-10-11-12-15-20-28-25-29(34-26-28)27-31-22-17-13-14-18-23-32-30-21-16-19-24-33-30/h28-30H,2-27H2,1H3/t28-,29+,30?/m0/s1. The molecule has 0 aromatic carbocycles. The van der Waals surface area contributed by atoms with E-state index in [4.69, 9.17) is 18.9 Å². The first-order valence-corrected chi connectivity index (χ1v) is 15.3. The van der Waals surface area contributed by atoms with Crippen LogP contribution in [0.15, 0.2) is 0 Å². The van der Waals surface area contributed by atoms with Crippen LogP contribution in [0.5, 0.6) is 0 Å². The van der Waals surface area contributed by atoms with Crippen LogP contribution < -0.4 is 0 Å². The Labute approximate surface area is 212 Å². The summed E-state index contributed by atoms with van der Waals surface area (Å²) in [4.78, 5) is 0. The van der Waals surface area contributed by atoms with Gasteiger partial charge in [0.2, 0.25) is 0 Å². The quantitative estimate of drug-likeness (QED) is 0.137. The Morgan fingerprint density at radius 3 is 2.00 bits per heavy atom. The third-order valence-electron chi connectivity index (χ3n) is 7.56. The van der Waals surface area contributed by atoms with Gasteiger partial charge in [-0.1, -0.05) is 96.8 Å². The largest absolute Gasteiger partial charge is 0.379 e. The lowest BCUT2D eigenvalue weighted by molar-refractivity contribution is -0.162. The van der Waals surface area contributed by atoms with Gasteiger partial charge in [0.05, 0.1) is 12.7 Å². The lowest BCUT2D eigenvalue weighted by Crippen LogP contribution is -2.22. The number of ether oxygens (including phenoxy) is 4. The van der Waals surface area contributed by atoms with E-state index in [-0.39, 0.29) is 6.29 Å². The molecule has 0 amide bonds. The lowest BCUT2D eigenvalue weighted by Gasteiger charge is -2.22. The Hall–Kier alpha value is -0.160. The molecule has 2 saturated heterocycles. The summed E-state index contributed by atoms with van der Waals surface area (Å²) in [7, 11) is 0. The maximum Gasteiger partial charge on any atom is 0.157 e. The summed E-state index contributed by atoms with van der Waals surface area (Å²) in [6.45, 7) is 6.61. The van der Waals surface area contributed by atoms with Crippen LogP contribution in [0.1, 0.15) is 142 Å². The van der Waals surface area contributed by atoms with Gasteiger partial charge in [-0.05, 0) is 50.9 Å². The summed E-state index contributed by atoms with van der Waals surface area (Å²) < 4.78 is 23.3. The van der Waals surface area contributed by atoms with Crippen molar-refractivity contribution >= 4 is 0 Å². The number of unbranched alkanes of at least 4 members (excludes halogenated alkanes) is 14. The van der Waals surface area contributed by atoms with Gasteiger partial charge in [-0.15, -0.1) is 0 Å². The second-order valence-electron chi connectivity index (χ2n) is 10.9. The van der Waals surface area contributed by atoms with Crippen molar-refractivity contribution in [1.29, 1.82) is 0 Å². The van der Waals surface area contributed by atoms with Crippen molar-refractivity contribution in [2.24, 2.45) is 5.92 Å². The minimum atomic E-state index is 0.0621. The van der Waals surface area contributed by atoms with E-state index in [1.54, 1.807) is 0 Å². The molecule has 2 aliphatic rings. The Balaban J connectivity index is 1.26. The number of hydrogen-bond donors (Lipinski definition) is 0. The van der Waals surface area contributed by atoms with Gasteiger partial charge >= 0.3 is 0 Å². The molecular formula is C30H58O4. The number of hydrogen-bond acceptors (Lipinski definition) is 4. The molecule has 0 bridgehead atoms. The zero-order valence-electron chi connectivity index (χ0n) is 22.7. The summed E-state index contributed by atoms with van der Waals surface area (Å²) in [5, 5.41) is 0. The third-order valence-corrected chi connectivity index (χ3v) is 7.56. The molecule has 0 radical (unpaired) electrons. The molecule has 2 aliphatic heterocycles. The van der Waals surface area contributed by atoms with Gasteiger partial charge in [0.25, 0.3) is 0 Å². The van der Waals surface area contributed by atoms with Crippen LogP contribution in [-0.2, 0) is 18.9 Å². The van der Waals surface area contributed by atoms with Gasteiger partial charge in [0.15, 0.2) is 6.29 Å². The molecule has 2 heterocycles. The average Bonchev–Trinajstić information content (AvgIpc) is 3.32. The zero-order valence-corrected chi connectivity index (χ0v) is 22.7. The van der Waals surface area contributed by atoms with Gasteiger partial charge < -0.3 is 18.9 Å². The molecule has 202 valence electrons. The molecule has 2 rings (SSSR count). The fourth-order valence-electron chi connectivity index (χ4n) is 5.30. The molecule has 4 heteroatoms.